The fourth-order valence-corrected chi connectivity index (χ4v) is 3.47. The van der Waals surface area contributed by atoms with Crippen LogP contribution in [-0.4, -0.2) is 60.5 Å². The molecular formula is C16H22N4O3. The van der Waals surface area contributed by atoms with Crippen molar-refractivity contribution in [1.29, 1.82) is 0 Å². The maximum absolute atomic E-state index is 12.5. The van der Waals surface area contributed by atoms with Gasteiger partial charge in [-0.25, -0.2) is 9.78 Å². The molecular weight excluding hydrogens is 296 g/mol. The molecule has 1 aromatic heterocycles. The van der Waals surface area contributed by atoms with Crippen LogP contribution in [0.1, 0.15) is 19.3 Å². The van der Waals surface area contributed by atoms with Gasteiger partial charge in [-0.15, -0.1) is 0 Å². The number of rotatable bonds is 2. The van der Waals surface area contributed by atoms with Crippen molar-refractivity contribution in [3.63, 3.8) is 0 Å². The second-order valence-corrected chi connectivity index (χ2v) is 6.30. The minimum absolute atomic E-state index is 0.171. The molecule has 0 radical (unpaired) electrons. The molecule has 0 bridgehead atoms. The monoisotopic (exact) mass is 318 g/mol. The van der Waals surface area contributed by atoms with Gasteiger partial charge in [0.1, 0.15) is 0 Å². The average Bonchev–Trinajstić information content (AvgIpc) is 2.99. The Morgan fingerprint density at radius 1 is 1.35 bits per heavy atom. The number of nitrogens with zero attached hydrogens (tertiary/aromatic N) is 3. The molecule has 1 atom stereocenters. The number of amides is 3. The van der Waals surface area contributed by atoms with Gasteiger partial charge in [0, 0.05) is 32.7 Å². The molecule has 2 aliphatic rings. The summed E-state index contributed by atoms with van der Waals surface area (Å²) in [6.45, 7) is 1.91. The molecule has 7 heteroatoms. The Labute approximate surface area is 135 Å². The van der Waals surface area contributed by atoms with Crippen molar-refractivity contribution in [3.8, 4) is 5.88 Å². The van der Waals surface area contributed by atoms with Crippen LogP contribution >= 0.6 is 0 Å². The lowest BCUT2D eigenvalue weighted by molar-refractivity contribution is -0.143. The van der Waals surface area contributed by atoms with Crippen LogP contribution in [0.5, 0.6) is 5.88 Å². The lowest BCUT2D eigenvalue weighted by atomic mass is 9.78. The van der Waals surface area contributed by atoms with Crippen molar-refractivity contribution in [1.82, 2.24) is 14.8 Å². The Kier molecular flexibility index (Phi) is 4.11. The molecule has 2 fully saturated rings. The number of urea groups is 1. The van der Waals surface area contributed by atoms with Gasteiger partial charge in [-0.3, -0.25) is 4.79 Å². The second-order valence-electron chi connectivity index (χ2n) is 6.30. The number of piperidine rings is 1. The zero-order valence-corrected chi connectivity index (χ0v) is 13.5. The van der Waals surface area contributed by atoms with Crippen LogP contribution in [0.4, 0.5) is 10.5 Å². The summed E-state index contributed by atoms with van der Waals surface area (Å²) in [5.74, 6) is 0.670. The van der Waals surface area contributed by atoms with Crippen molar-refractivity contribution in [2.45, 2.75) is 19.3 Å². The number of methoxy groups -OCH3 is 1. The number of ether oxygens (including phenoxy) is 1. The molecule has 0 saturated carbocycles. The summed E-state index contributed by atoms with van der Waals surface area (Å²) >= 11 is 0. The number of pyridine rings is 1. The molecule has 23 heavy (non-hydrogen) atoms. The summed E-state index contributed by atoms with van der Waals surface area (Å²) in [6, 6.07) is 3.25. The van der Waals surface area contributed by atoms with E-state index in [0.717, 1.165) is 25.8 Å². The minimum atomic E-state index is -0.386. The van der Waals surface area contributed by atoms with Crippen molar-refractivity contribution >= 4 is 17.6 Å². The van der Waals surface area contributed by atoms with Crippen LogP contribution < -0.4 is 10.1 Å². The molecule has 2 aliphatic heterocycles. The Hall–Kier alpha value is -2.31. The van der Waals surface area contributed by atoms with Crippen LogP contribution in [-0.2, 0) is 4.79 Å². The van der Waals surface area contributed by atoms with Crippen molar-refractivity contribution in [2.24, 2.45) is 5.41 Å². The largest absolute Gasteiger partial charge is 0.481 e. The normalized spacial score (nSPS) is 24.2. The number of nitrogens with one attached hydrogen (secondary N) is 1. The maximum atomic E-state index is 12.5. The molecule has 1 unspecified atom stereocenters. The molecule has 3 rings (SSSR count). The number of anilines is 1. The summed E-state index contributed by atoms with van der Waals surface area (Å²) in [4.78, 5) is 32.5. The van der Waals surface area contributed by atoms with Crippen LogP contribution in [0.3, 0.4) is 0 Å². The zero-order valence-electron chi connectivity index (χ0n) is 13.5. The Bertz CT molecular complexity index is 604. The van der Waals surface area contributed by atoms with Crippen LogP contribution in [0.25, 0.3) is 0 Å². The Morgan fingerprint density at radius 2 is 2.17 bits per heavy atom. The highest BCUT2D eigenvalue weighted by Gasteiger charge is 2.48. The standard InChI is InChI=1S/C16H22N4O3/c1-19-8-3-6-16(14(19)21)7-9-20(11-16)15(22)18-12-4-5-13(23-2)17-10-12/h4-5,10H,3,6-9,11H2,1-2H3,(H,18,22). The number of aromatic nitrogens is 1. The highest BCUT2D eigenvalue weighted by Crippen LogP contribution is 2.39. The van der Waals surface area contributed by atoms with Gasteiger partial charge in [-0.1, -0.05) is 0 Å². The average molecular weight is 318 g/mol. The van der Waals surface area contributed by atoms with Crippen molar-refractivity contribution in [3.05, 3.63) is 18.3 Å². The van der Waals surface area contributed by atoms with E-state index in [1.54, 1.807) is 35.2 Å². The first-order chi connectivity index (χ1) is 11.0. The first kappa shape index (κ1) is 15.6. The van der Waals surface area contributed by atoms with Gasteiger partial charge in [0.05, 0.1) is 24.4 Å². The third kappa shape index (κ3) is 2.95. The summed E-state index contributed by atoms with van der Waals surface area (Å²) in [5.41, 5.74) is 0.228. The van der Waals surface area contributed by atoms with Crippen molar-refractivity contribution < 1.29 is 14.3 Å². The first-order valence-corrected chi connectivity index (χ1v) is 7.86. The number of likely N-dealkylation sites (tertiary alicyclic amines) is 2. The molecule has 7 nitrogen and oxygen atoms in total. The summed E-state index contributed by atoms with van der Waals surface area (Å²) < 4.78 is 4.99. The Balaban J connectivity index is 1.64. The van der Waals surface area contributed by atoms with Crippen LogP contribution in [0.15, 0.2) is 18.3 Å². The lowest BCUT2D eigenvalue weighted by Crippen LogP contribution is -2.49. The van der Waals surface area contributed by atoms with E-state index in [0.29, 0.717) is 24.7 Å². The van der Waals surface area contributed by atoms with E-state index < -0.39 is 0 Å². The van der Waals surface area contributed by atoms with Gasteiger partial charge in [-0.2, -0.15) is 0 Å². The van der Waals surface area contributed by atoms with Crippen LogP contribution in [0, 0.1) is 5.41 Å². The summed E-state index contributed by atoms with van der Waals surface area (Å²) in [6.07, 6.45) is 4.16. The van der Waals surface area contributed by atoms with Gasteiger partial charge in [-0.05, 0) is 25.3 Å². The van der Waals surface area contributed by atoms with E-state index in [4.69, 9.17) is 4.74 Å². The number of carbonyl (C=O) groups is 2. The second kappa shape index (κ2) is 6.06. The number of carbonyl (C=O) groups excluding carboxylic acids is 2. The summed E-state index contributed by atoms with van der Waals surface area (Å²) in [7, 11) is 3.39. The predicted octanol–water partition coefficient (Wildman–Crippen LogP) is 1.57. The van der Waals surface area contributed by atoms with Gasteiger partial charge in [0.15, 0.2) is 0 Å². The van der Waals surface area contributed by atoms with Gasteiger partial charge in [0.25, 0.3) is 0 Å². The fourth-order valence-electron chi connectivity index (χ4n) is 3.47. The molecule has 1 aromatic rings. The molecule has 0 aromatic carbocycles. The van der Waals surface area contributed by atoms with E-state index in [1.807, 2.05) is 7.05 Å². The maximum Gasteiger partial charge on any atom is 0.321 e. The van der Waals surface area contributed by atoms with Crippen molar-refractivity contribution in [2.75, 3.05) is 39.1 Å². The van der Waals surface area contributed by atoms with E-state index in [-0.39, 0.29) is 17.4 Å². The highest BCUT2D eigenvalue weighted by molar-refractivity contribution is 5.91. The number of hydrogen-bond donors (Lipinski definition) is 1. The third-order valence-electron chi connectivity index (χ3n) is 4.79. The van der Waals surface area contributed by atoms with Crippen LogP contribution in [0.2, 0.25) is 0 Å². The SMILES string of the molecule is COc1ccc(NC(=O)N2CCC3(CCCN(C)C3=O)C2)cn1. The smallest absolute Gasteiger partial charge is 0.321 e. The molecule has 0 aliphatic carbocycles. The van der Waals surface area contributed by atoms with E-state index in [9.17, 15) is 9.59 Å². The fraction of sp³-hybridized carbons (Fsp3) is 0.562. The van der Waals surface area contributed by atoms with Gasteiger partial charge < -0.3 is 19.9 Å². The highest BCUT2D eigenvalue weighted by atomic mass is 16.5. The predicted molar refractivity (Wildman–Crippen MR) is 85.3 cm³/mol. The molecule has 3 amide bonds. The molecule has 1 N–H and O–H groups in total. The molecule has 2 saturated heterocycles. The number of hydrogen-bond acceptors (Lipinski definition) is 4. The van der Waals surface area contributed by atoms with E-state index in [2.05, 4.69) is 10.3 Å². The lowest BCUT2D eigenvalue weighted by Gasteiger charge is -2.37. The zero-order chi connectivity index (χ0) is 16.4. The molecule has 1 spiro atoms. The van der Waals surface area contributed by atoms with Gasteiger partial charge in [0.2, 0.25) is 11.8 Å². The minimum Gasteiger partial charge on any atom is -0.481 e. The quantitative estimate of drug-likeness (QED) is 0.898. The third-order valence-corrected chi connectivity index (χ3v) is 4.79. The summed E-state index contributed by atoms with van der Waals surface area (Å²) in [5, 5.41) is 2.83. The Morgan fingerprint density at radius 3 is 2.87 bits per heavy atom. The first-order valence-electron chi connectivity index (χ1n) is 7.86. The molecule has 124 valence electrons. The van der Waals surface area contributed by atoms with E-state index >= 15 is 0 Å². The molecule has 3 heterocycles. The van der Waals surface area contributed by atoms with E-state index in [1.165, 1.54) is 0 Å². The van der Waals surface area contributed by atoms with Gasteiger partial charge >= 0.3 is 6.03 Å². The topological polar surface area (TPSA) is 74.8 Å².